The first kappa shape index (κ1) is 11.2. The molecule has 0 spiro atoms. The molecule has 1 aromatic carbocycles. The van der Waals surface area contributed by atoms with Crippen molar-refractivity contribution in [1.29, 1.82) is 0 Å². The van der Waals surface area contributed by atoms with Crippen LogP contribution in [-0.4, -0.2) is 25.3 Å². The van der Waals surface area contributed by atoms with Gasteiger partial charge in [-0.25, -0.2) is 0 Å². The number of rotatable bonds is 4. The van der Waals surface area contributed by atoms with E-state index < -0.39 is 0 Å². The second kappa shape index (κ2) is 5.14. The highest BCUT2D eigenvalue weighted by molar-refractivity contribution is 7.13. The molecule has 0 saturated heterocycles. The average Bonchev–Trinajstić information content (AvgIpc) is 2.83. The van der Waals surface area contributed by atoms with Crippen molar-refractivity contribution in [3.05, 3.63) is 41.8 Å². The van der Waals surface area contributed by atoms with Gasteiger partial charge in [-0.15, -0.1) is 11.3 Å². The number of hydrogen-bond acceptors (Lipinski definition) is 3. The molecule has 0 atom stereocenters. The van der Waals surface area contributed by atoms with Crippen LogP contribution in [0.4, 0.5) is 5.69 Å². The maximum atomic E-state index is 8.86. The quantitative estimate of drug-likeness (QED) is 0.877. The van der Waals surface area contributed by atoms with Crippen LogP contribution in [-0.2, 0) is 0 Å². The van der Waals surface area contributed by atoms with Gasteiger partial charge < -0.3 is 10.0 Å². The van der Waals surface area contributed by atoms with Crippen molar-refractivity contribution in [2.45, 2.75) is 0 Å². The Kier molecular flexibility index (Phi) is 3.59. The van der Waals surface area contributed by atoms with Crippen LogP contribution in [0.5, 0.6) is 0 Å². The maximum absolute atomic E-state index is 8.86. The molecule has 84 valence electrons. The topological polar surface area (TPSA) is 23.5 Å². The maximum Gasteiger partial charge on any atom is 0.0606 e. The fourth-order valence-electron chi connectivity index (χ4n) is 1.60. The molecule has 0 aliphatic rings. The Balaban J connectivity index is 2.16. The lowest BCUT2D eigenvalue weighted by atomic mass is 10.1. The van der Waals surface area contributed by atoms with E-state index >= 15 is 0 Å². The third-order valence-electron chi connectivity index (χ3n) is 2.55. The first-order valence-electron chi connectivity index (χ1n) is 5.27. The molecular formula is C13H15NOS. The Hall–Kier alpha value is -1.32. The molecule has 0 aliphatic heterocycles. The zero-order chi connectivity index (χ0) is 11.4. The summed E-state index contributed by atoms with van der Waals surface area (Å²) in [5, 5.41) is 10.9. The van der Waals surface area contributed by atoms with Gasteiger partial charge in [0.1, 0.15) is 0 Å². The highest BCUT2D eigenvalue weighted by Crippen LogP contribution is 2.26. The van der Waals surface area contributed by atoms with Gasteiger partial charge in [0.05, 0.1) is 6.61 Å². The lowest BCUT2D eigenvalue weighted by Crippen LogP contribution is -2.20. The van der Waals surface area contributed by atoms with E-state index in [1.54, 1.807) is 11.3 Å². The van der Waals surface area contributed by atoms with Crippen molar-refractivity contribution >= 4 is 17.0 Å². The molecule has 2 nitrogen and oxygen atoms in total. The Labute approximate surface area is 99.8 Å². The monoisotopic (exact) mass is 233 g/mol. The van der Waals surface area contributed by atoms with Crippen molar-refractivity contribution in [3.63, 3.8) is 0 Å². The molecule has 0 radical (unpaired) electrons. The lowest BCUT2D eigenvalue weighted by Gasteiger charge is -2.17. The summed E-state index contributed by atoms with van der Waals surface area (Å²) >= 11 is 1.75. The van der Waals surface area contributed by atoms with Gasteiger partial charge in [0.15, 0.2) is 0 Å². The molecule has 1 heterocycles. The molecule has 0 saturated carbocycles. The number of thiophene rings is 1. The molecule has 0 unspecified atom stereocenters. The summed E-state index contributed by atoms with van der Waals surface area (Å²) in [6.45, 7) is 0.849. The van der Waals surface area contributed by atoms with Gasteiger partial charge in [-0.2, -0.15) is 0 Å². The van der Waals surface area contributed by atoms with Crippen molar-refractivity contribution in [3.8, 4) is 10.4 Å². The summed E-state index contributed by atoms with van der Waals surface area (Å²) in [5.74, 6) is 0. The molecule has 2 aromatic rings. The number of anilines is 1. The predicted molar refractivity (Wildman–Crippen MR) is 70.1 cm³/mol. The normalized spacial score (nSPS) is 10.4. The molecule has 3 heteroatoms. The predicted octanol–water partition coefficient (Wildman–Crippen LogP) is 2.84. The van der Waals surface area contributed by atoms with Crippen LogP contribution in [0.25, 0.3) is 10.4 Å². The van der Waals surface area contributed by atoms with Crippen LogP contribution in [0, 0.1) is 0 Å². The minimum Gasteiger partial charge on any atom is -0.395 e. The van der Waals surface area contributed by atoms with Crippen molar-refractivity contribution in [1.82, 2.24) is 0 Å². The third kappa shape index (κ3) is 2.43. The molecule has 1 aromatic heterocycles. The first-order chi connectivity index (χ1) is 7.81. The van der Waals surface area contributed by atoms with E-state index in [9.17, 15) is 0 Å². The standard InChI is InChI=1S/C13H15NOS/c1-14(8-9-15)12-6-4-11(5-7-12)13-3-2-10-16-13/h2-7,10,15H,8-9H2,1H3. The van der Waals surface area contributed by atoms with Crippen LogP contribution < -0.4 is 4.90 Å². The third-order valence-corrected chi connectivity index (χ3v) is 3.47. The molecule has 2 rings (SSSR count). The Morgan fingerprint density at radius 1 is 1.19 bits per heavy atom. The second-order valence-corrected chi connectivity index (χ2v) is 4.62. The van der Waals surface area contributed by atoms with Crippen LogP contribution in [0.15, 0.2) is 41.8 Å². The van der Waals surface area contributed by atoms with Crippen molar-refractivity contribution in [2.75, 3.05) is 25.1 Å². The SMILES string of the molecule is CN(CCO)c1ccc(-c2cccs2)cc1. The summed E-state index contributed by atoms with van der Waals surface area (Å²) in [7, 11) is 1.98. The smallest absolute Gasteiger partial charge is 0.0606 e. The van der Waals surface area contributed by atoms with Crippen LogP contribution in [0.2, 0.25) is 0 Å². The molecular weight excluding hydrogens is 218 g/mol. The highest BCUT2D eigenvalue weighted by Gasteiger charge is 2.01. The molecule has 1 N–H and O–H groups in total. The number of benzene rings is 1. The number of hydrogen-bond donors (Lipinski definition) is 1. The number of aliphatic hydroxyl groups excluding tert-OH is 1. The summed E-state index contributed by atoms with van der Waals surface area (Å²) in [5.41, 5.74) is 2.38. The zero-order valence-corrected chi connectivity index (χ0v) is 10.1. The highest BCUT2D eigenvalue weighted by atomic mass is 32.1. The summed E-state index contributed by atoms with van der Waals surface area (Å²) in [6.07, 6.45) is 0. The van der Waals surface area contributed by atoms with Gasteiger partial charge in [0, 0.05) is 24.2 Å². The number of aliphatic hydroxyl groups is 1. The van der Waals surface area contributed by atoms with Gasteiger partial charge in [0.25, 0.3) is 0 Å². The molecule has 0 fully saturated rings. The first-order valence-corrected chi connectivity index (χ1v) is 6.15. The zero-order valence-electron chi connectivity index (χ0n) is 9.26. The Bertz CT molecular complexity index is 422. The lowest BCUT2D eigenvalue weighted by molar-refractivity contribution is 0.304. The summed E-state index contributed by atoms with van der Waals surface area (Å²) in [6, 6.07) is 12.6. The van der Waals surface area contributed by atoms with Gasteiger partial charge in [-0.05, 0) is 29.1 Å². The van der Waals surface area contributed by atoms with E-state index in [1.165, 1.54) is 10.4 Å². The van der Waals surface area contributed by atoms with E-state index in [2.05, 4.69) is 41.8 Å². The number of nitrogens with zero attached hydrogens (tertiary/aromatic N) is 1. The fourth-order valence-corrected chi connectivity index (χ4v) is 2.34. The van der Waals surface area contributed by atoms with Crippen LogP contribution in [0.1, 0.15) is 0 Å². The van der Waals surface area contributed by atoms with E-state index in [-0.39, 0.29) is 6.61 Å². The Morgan fingerprint density at radius 3 is 2.50 bits per heavy atom. The van der Waals surface area contributed by atoms with Crippen molar-refractivity contribution < 1.29 is 5.11 Å². The largest absolute Gasteiger partial charge is 0.395 e. The molecule has 0 amide bonds. The van der Waals surface area contributed by atoms with Gasteiger partial charge in [-0.3, -0.25) is 0 Å². The molecule has 0 bridgehead atoms. The van der Waals surface area contributed by atoms with Crippen molar-refractivity contribution in [2.24, 2.45) is 0 Å². The minimum absolute atomic E-state index is 0.184. The summed E-state index contributed by atoms with van der Waals surface area (Å²) < 4.78 is 0. The van der Waals surface area contributed by atoms with E-state index in [0.717, 1.165) is 5.69 Å². The van der Waals surface area contributed by atoms with E-state index in [1.807, 2.05) is 11.9 Å². The van der Waals surface area contributed by atoms with Gasteiger partial charge in [-0.1, -0.05) is 18.2 Å². The summed E-state index contributed by atoms with van der Waals surface area (Å²) in [4.78, 5) is 3.33. The average molecular weight is 233 g/mol. The van der Waals surface area contributed by atoms with Gasteiger partial charge in [0.2, 0.25) is 0 Å². The second-order valence-electron chi connectivity index (χ2n) is 3.67. The fraction of sp³-hybridized carbons (Fsp3) is 0.231. The van der Waals surface area contributed by atoms with Gasteiger partial charge >= 0.3 is 0 Å². The van der Waals surface area contributed by atoms with Crippen LogP contribution >= 0.6 is 11.3 Å². The minimum atomic E-state index is 0.184. The molecule has 0 aliphatic carbocycles. The van der Waals surface area contributed by atoms with E-state index in [4.69, 9.17) is 5.11 Å². The Morgan fingerprint density at radius 2 is 1.94 bits per heavy atom. The number of likely N-dealkylation sites (N-methyl/N-ethyl adjacent to an activating group) is 1. The van der Waals surface area contributed by atoms with Crippen LogP contribution in [0.3, 0.4) is 0 Å². The van der Waals surface area contributed by atoms with E-state index in [0.29, 0.717) is 6.54 Å². The molecule has 16 heavy (non-hydrogen) atoms.